The van der Waals surface area contributed by atoms with Crippen molar-refractivity contribution in [3.8, 4) is 0 Å². The Labute approximate surface area is 133 Å². The van der Waals surface area contributed by atoms with E-state index in [0.29, 0.717) is 5.02 Å². The third-order valence-corrected chi connectivity index (χ3v) is 4.64. The quantitative estimate of drug-likeness (QED) is 0.902. The number of benzene rings is 1. The summed E-state index contributed by atoms with van der Waals surface area (Å²) in [6, 6.07) is 7.67. The first-order chi connectivity index (χ1) is 10.1. The first kappa shape index (κ1) is 16.2. The minimum Gasteiger partial charge on any atom is -0.481 e. The Morgan fingerprint density at radius 2 is 2.14 bits per heavy atom. The van der Waals surface area contributed by atoms with E-state index >= 15 is 0 Å². The van der Waals surface area contributed by atoms with Gasteiger partial charge in [0.25, 0.3) is 0 Å². The molecule has 1 aromatic carbocycles. The van der Waals surface area contributed by atoms with E-state index in [4.69, 9.17) is 16.7 Å². The van der Waals surface area contributed by atoms with Crippen LogP contribution in [0.5, 0.6) is 0 Å². The highest BCUT2D eigenvalue weighted by Crippen LogP contribution is 2.32. The molecule has 1 aliphatic rings. The SMILES string of the molecule is O=C(O)CSCC(=O)N1CCCCC1c1cccc(Cl)c1. The lowest BCUT2D eigenvalue weighted by Gasteiger charge is -2.36. The van der Waals surface area contributed by atoms with Crippen molar-refractivity contribution in [3.05, 3.63) is 34.9 Å². The molecule has 0 spiro atoms. The highest BCUT2D eigenvalue weighted by atomic mass is 35.5. The van der Waals surface area contributed by atoms with Gasteiger partial charge in [0, 0.05) is 11.6 Å². The normalized spacial score (nSPS) is 18.5. The Morgan fingerprint density at radius 3 is 2.86 bits per heavy atom. The van der Waals surface area contributed by atoms with Crippen LogP contribution in [0.4, 0.5) is 0 Å². The molecule has 1 unspecified atom stereocenters. The van der Waals surface area contributed by atoms with Crippen molar-refractivity contribution in [1.29, 1.82) is 0 Å². The molecule has 0 aliphatic carbocycles. The fourth-order valence-electron chi connectivity index (χ4n) is 2.60. The third kappa shape index (κ3) is 4.64. The maximum absolute atomic E-state index is 12.3. The van der Waals surface area contributed by atoms with Crippen molar-refractivity contribution in [2.75, 3.05) is 18.1 Å². The Kier molecular flexibility index (Phi) is 5.94. The molecule has 0 aromatic heterocycles. The number of aliphatic carboxylic acids is 1. The van der Waals surface area contributed by atoms with E-state index < -0.39 is 5.97 Å². The van der Waals surface area contributed by atoms with Crippen LogP contribution in [-0.2, 0) is 9.59 Å². The number of carboxylic acid groups (broad SMARTS) is 1. The number of carbonyl (C=O) groups excluding carboxylic acids is 1. The topological polar surface area (TPSA) is 57.6 Å². The van der Waals surface area contributed by atoms with E-state index in [2.05, 4.69) is 0 Å². The van der Waals surface area contributed by atoms with Crippen LogP contribution >= 0.6 is 23.4 Å². The van der Waals surface area contributed by atoms with Gasteiger partial charge in [-0.25, -0.2) is 0 Å². The number of nitrogens with zero attached hydrogens (tertiary/aromatic N) is 1. The molecule has 1 atom stereocenters. The van der Waals surface area contributed by atoms with Crippen molar-refractivity contribution in [1.82, 2.24) is 4.90 Å². The van der Waals surface area contributed by atoms with Gasteiger partial charge >= 0.3 is 5.97 Å². The maximum Gasteiger partial charge on any atom is 0.313 e. The highest BCUT2D eigenvalue weighted by molar-refractivity contribution is 8.00. The van der Waals surface area contributed by atoms with Gasteiger partial charge < -0.3 is 10.0 Å². The number of likely N-dealkylation sites (tertiary alicyclic amines) is 1. The van der Waals surface area contributed by atoms with Gasteiger partial charge in [-0.1, -0.05) is 23.7 Å². The molecule has 1 amide bonds. The molecule has 2 rings (SSSR count). The Bertz CT molecular complexity index is 523. The van der Waals surface area contributed by atoms with Crippen LogP contribution in [-0.4, -0.2) is 39.9 Å². The lowest BCUT2D eigenvalue weighted by molar-refractivity contribution is -0.134. The number of carboxylic acids is 1. The van der Waals surface area contributed by atoms with Crippen molar-refractivity contribution < 1.29 is 14.7 Å². The minimum atomic E-state index is -0.891. The number of piperidine rings is 1. The van der Waals surface area contributed by atoms with Crippen molar-refractivity contribution in [2.24, 2.45) is 0 Å². The lowest BCUT2D eigenvalue weighted by atomic mass is 9.95. The Balaban J connectivity index is 2.04. The summed E-state index contributed by atoms with van der Waals surface area (Å²) in [4.78, 5) is 24.7. The summed E-state index contributed by atoms with van der Waals surface area (Å²) in [7, 11) is 0. The van der Waals surface area contributed by atoms with E-state index in [-0.39, 0.29) is 23.5 Å². The second kappa shape index (κ2) is 7.71. The number of carbonyl (C=O) groups is 2. The van der Waals surface area contributed by atoms with Gasteiger partial charge in [-0.15, -0.1) is 11.8 Å². The van der Waals surface area contributed by atoms with Gasteiger partial charge in [-0.2, -0.15) is 0 Å². The minimum absolute atomic E-state index is 0.00549. The van der Waals surface area contributed by atoms with E-state index in [1.807, 2.05) is 29.2 Å². The van der Waals surface area contributed by atoms with Crippen LogP contribution in [0.1, 0.15) is 30.9 Å². The van der Waals surface area contributed by atoms with Crippen molar-refractivity contribution in [3.63, 3.8) is 0 Å². The van der Waals surface area contributed by atoms with E-state index in [0.717, 1.165) is 43.1 Å². The molecule has 0 bridgehead atoms. The van der Waals surface area contributed by atoms with Gasteiger partial charge in [0.05, 0.1) is 17.5 Å². The first-order valence-electron chi connectivity index (χ1n) is 6.92. The maximum atomic E-state index is 12.3. The van der Waals surface area contributed by atoms with Gasteiger partial charge in [-0.05, 0) is 37.0 Å². The second-order valence-electron chi connectivity index (χ2n) is 5.04. The molecular weight excluding hydrogens is 310 g/mol. The van der Waals surface area contributed by atoms with Crippen LogP contribution in [0.25, 0.3) is 0 Å². The molecule has 1 saturated heterocycles. The molecular formula is C15H18ClNO3S. The molecule has 1 aromatic rings. The van der Waals surface area contributed by atoms with Gasteiger partial charge in [0.1, 0.15) is 0 Å². The number of halogens is 1. The summed E-state index contributed by atoms with van der Waals surface area (Å²) >= 11 is 7.18. The van der Waals surface area contributed by atoms with Crippen LogP contribution in [0.2, 0.25) is 5.02 Å². The van der Waals surface area contributed by atoms with Crippen LogP contribution in [0.15, 0.2) is 24.3 Å². The standard InChI is InChI=1S/C15H18ClNO3S/c16-12-5-3-4-11(8-12)13-6-1-2-7-17(13)14(18)9-21-10-15(19)20/h3-5,8,13H,1-2,6-7,9-10H2,(H,19,20). The predicted molar refractivity (Wildman–Crippen MR) is 84.7 cm³/mol. The summed E-state index contributed by atoms with van der Waals surface area (Å²) in [5, 5.41) is 9.31. The number of amides is 1. The van der Waals surface area contributed by atoms with Gasteiger partial charge in [0.2, 0.25) is 5.91 Å². The first-order valence-corrected chi connectivity index (χ1v) is 8.45. The largest absolute Gasteiger partial charge is 0.481 e. The summed E-state index contributed by atoms with van der Waals surface area (Å²) in [6.07, 6.45) is 3.01. The summed E-state index contributed by atoms with van der Waals surface area (Å²) in [5.41, 5.74) is 1.05. The molecule has 6 heteroatoms. The van der Waals surface area contributed by atoms with Crippen LogP contribution in [0.3, 0.4) is 0 Å². The molecule has 4 nitrogen and oxygen atoms in total. The fourth-order valence-corrected chi connectivity index (χ4v) is 3.41. The van der Waals surface area contributed by atoms with Crippen LogP contribution < -0.4 is 0 Å². The molecule has 1 N–H and O–H groups in total. The zero-order chi connectivity index (χ0) is 15.2. The van der Waals surface area contributed by atoms with Gasteiger partial charge in [0.15, 0.2) is 0 Å². The summed E-state index contributed by atoms with van der Waals surface area (Å²) in [6.45, 7) is 0.726. The van der Waals surface area contributed by atoms with Crippen LogP contribution in [0, 0.1) is 0 Å². The Hall–Kier alpha value is -1.20. The lowest BCUT2D eigenvalue weighted by Crippen LogP contribution is -2.39. The van der Waals surface area contributed by atoms with E-state index in [1.165, 1.54) is 0 Å². The fraction of sp³-hybridized carbons (Fsp3) is 0.467. The molecule has 0 saturated carbocycles. The summed E-state index contributed by atoms with van der Waals surface area (Å²) < 4.78 is 0. The zero-order valence-corrected chi connectivity index (χ0v) is 13.2. The Morgan fingerprint density at radius 1 is 1.33 bits per heavy atom. The van der Waals surface area contributed by atoms with Gasteiger partial charge in [-0.3, -0.25) is 9.59 Å². The third-order valence-electron chi connectivity index (χ3n) is 3.51. The molecule has 114 valence electrons. The van der Waals surface area contributed by atoms with E-state index in [1.54, 1.807) is 0 Å². The molecule has 1 aliphatic heterocycles. The number of hydrogen-bond acceptors (Lipinski definition) is 3. The number of thioether (sulfide) groups is 1. The smallest absolute Gasteiger partial charge is 0.313 e. The van der Waals surface area contributed by atoms with Crippen molar-refractivity contribution in [2.45, 2.75) is 25.3 Å². The molecule has 1 heterocycles. The van der Waals surface area contributed by atoms with Crippen molar-refractivity contribution >= 4 is 35.2 Å². The second-order valence-corrected chi connectivity index (χ2v) is 6.46. The average Bonchev–Trinajstić information content (AvgIpc) is 2.47. The highest BCUT2D eigenvalue weighted by Gasteiger charge is 2.27. The van der Waals surface area contributed by atoms with E-state index in [9.17, 15) is 9.59 Å². The summed E-state index contributed by atoms with van der Waals surface area (Å²) in [5.74, 6) is -0.714. The number of rotatable bonds is 5. The monoisotopic (exact) mass is 327 g/mol. The number of hydrogen-bond donors (Lipinski definition) is 1. The molecule has 1 fully saturated rings. The zero-order valence-electron chi connectivity index (χ0n) is 11.6. The predicted octanol–water partition coefficient (Wildman–Crippen LogP) is 3.21. The molecule has 0 radical (unpaired) electrons. The average molecular weight is 328 g/mol. The molecule has 21 heavy (non-hydrogen) atoms.